The fraction of sp³-hybridized carbons (Fsp3) is 0.800. The average molecular weight is 149 g/mol. The SMILES string of the molecule is C[C@@H](O)[C@H](NCO)C(=O)O. The van der Waals surface area contributed by atoms with E-state index in [-0.39, 0.29) is 0 Å². The van der Waals surface area contributed by atoms with E-state index in [0.717, 1.165) is 0 Å². The number of carbonyl (C=O) groups is 1. The van der Waals surface area contributed by atoms with Crippen LogP contribution in [0.4, 0.5) is 0 Å². The minimum Gasteiger partial charge on any atom is -0.480 e. The second kappa shape index (κ2) is 4.21. The van der Waals surface area contributed by atoms with Gasteiger partial charge in [-0.2, -0.15) is 0 Å². The van der Waals surface area contributed by atoms with Gasteiger partial charge in [0, 0.05) is 0 Å². The van der Waals surface area contributed by atoms with Gasteiger partial charge in [-0.1, -0.05) is 0 Å². The highest BCUT2D eigenvalue weighted by Crippen LogP contribution is 1.90. The molecule has 0 rings (SSSR count). The molecular weight excluding hydrogens is 138 g/mol. The van der Waals surface area contributed by atoms with E-state index in [0.29, 0.717) is 0 Å². The largest absolute Gasteiger partial charge is 0.480 e. The van der Waals surface area contributed by atoms with E-state index in [1.54, 1.807) is 0 Å². The lowest BCUT2D eigenvalue weighted by Crippen LogP contribution is -2.45. The van der Waals surface area contributed by atoms with Crippen molar-refractivity contribution < 1.29 is 20.1 Å². The molecule has 0 aromatic carbocycles. The van der Waals surface area contributed by atoms with E-state index in [1.807, 2.05) is 0 Å². The lowest BCUT2D eigenvalue weighted by Gasteiger charge is -2.14. The van der Waals surface area contributed by atoms with Crippen molar-refractivity contribution in [2.45, 2.75) is 19.1 Å². The minimum atomic E-state index is -1.18. The van der Waals surface area contributed by atoms with Gasteiger partial charge in [-0.05, 0) is 6.92 Å². The first kappa shape index (κ1) is 9.35. The van der Waals surface area contributed by atoms with Crippen molar-refractivity contribution in [3.8, 4) is 0 Å². The maximum Gasteiger partial charge on any atom is 0.323 e. The summed E-state index contributed by atoms with van der Waals surface area (Å²) in [6, 6.07) is -1.09. The third kappa shape index (κ3) is 2.77. The number of carboxylic acids is 1. The van der Waals surface area contributed by atoms with Crippen molar-refractivity contribution in [2.24, 2.45) is 0 Å². The lowest BCUT2D eigenvalue weighted by molar-refractivity contribution is -0.142. The summed E-state index contributed by atoms with van der Waals surface area (Å²) < 4.78 is 0. The third-order valence-corrected chi connectivity index (χ3v) is 1.06. The Labute approximate surface area is 58.3 Å². The molecule has 0 fully saturated rings. The molecule has 0 saturated heterocycles. The minimum absolute atomic E-state index is 0.456. The molecule has 10 heavy (non-hydrogen) atoms. The molecule has 60 valence electrons. The molecule has 5 nitrogen and oxygen atoms in total. The summed E-state index contributed by atoms with van der Waals surface area (Å²) in [5.74, 6) is -1.18. The molecule has 0 saturated carbocycles. The molecule has 2 atom stereocenters. The number of nitrogens with one attached hydrogen (secondary N) is 1. The van der Waals surface area contributed by atoms with Gasteiger partial charge in [0.05, 0.1) is 12.8 Å². The molecule has 4 N–H and O–H groups in total. The van der Waals surface area contributed by atoms with Crippen LogP contribution in [0.15, 0.2) is 0 Å². The fourth-order valence-electron chi connectivity index (χ4n) is 0.563. The van der Waals surface area contributed by atoms with Crippen LogP contribution >= 0.6 is 0 Å². The highest BCUT2D eigenvalue weighted by Gasteiger charge is 2.21. The molecule has 0 aromatic heterocycles. The summed E-state index contributed by atoms with van der Waals surface area (Å²) in [5, 5.41) is 27.5. The van der Waals surface area contributed by atoms with Gasteiger partial charge in [0.15, 0.2) is 0 Å². The van der Waals surface area contributed by atoms with Gasteiger partial charge in [0.1, 0.15) is 6.04 Å². The average Bonchev–Trinajstić information content (AvgIpc) is 1.81. The summed E-state index contributed by atoms with van der Waals surface area (Å²) in [6.07, 6.45) is -1.01. The van der Waals surface area contributed by atoms with Crippen LogP contribution in [-0.2, 0) is 4.79 Å². The molecule has 5 heteroatoms. The number of carboxylic acid groups (broad SMARTS) is 1. The highest BCUT2D eigenvalue weighted by molar-refractivity contribution is 5.74. The van der Waals surface area contributed by atoms with E-state index in [2.05, 4.69) is 5.32 Å². The third-order valence-electron chi connectivity index (χ3n) is 1.06. The highest BCUT2D eigenvalue weighted by atomic mass is 16.4. The molecule has 0 aliphatic carbocycles. The molecule has 0 unspecified atom stereocenters. The monoisotopic (exact) mass is 149 g/mol. The van der Waals surface area contributed by atoms with Crippen LogP contribution in [0.25, 0.3) is 0 Å². The number of rotatable bonds is 4. The Morgan fingerprint density at radius 3 is 2.30 bits per heavy atom. The predicted molar refractivity (Wildman–Crippen MR) is 33.3 cm³/mol. The first-order valence-electron chi connectivity index (χ1n) is 2.84. The lowest BCUT2D eigenvalue weighted by atomic mass is 10.2. The van der Waals surface area contributed by atoms with E-state index < -0.39 is 24.8 Å². The maximum absolute atomic E-state index is 10.2. The molecule has 0 spiro atoms. The van der Waals surface area contributed by atoms with Crippen LogP contribution in [0, 0.1) is 0 Å². The van der Waals surface area contributed by atoms with Crippen molar-refractivity contribution in [1.29, 1.82) is 0 Å². The summed E-state index contributed by atoms with van der Waals surface area (Å²) in [7, 11) is 0. The molecule has 0 amide bonds. The molecule has 0 aromatic rings. The molecule has 0 heterocycles. The van der Waals surface area contributed by atoms with Gasteiger partial charge < -0.3 is 15.3 Å². The molecule has 0 radical (unpaired) electrons. The first-order valence-corrected chi connectivity index (χ1v) is 2.84. The Kier molecular flexibility index (Phi) is 3.94. The normalized spacial score (nSPS) is 16.3. The van der Waals surface area contributed by atoms with E-state index in [1.165, 1.54) is 6.92 Å². The Morgan fingerprint density at radius 1 is 1.70 bits per heavy atom. The van der Waals surface area contributed by atoms with Crippen molar-refractivity contribution >= 4 is 5.97 Å². The van der Waals surface area contributed by atoms with E-state index in [4.69, 9.17) is 15.3 Å². The summed E-state index contributed by atoms with van der Waals surface area (Å²) >= 11 is 0. The maximum atomic E-state index is 10.2. The molecule has 0 bridgehead atoms. The molecule has 0 aliphatic rings. The smallest absolute Gasteiger partial charge is 0.323 e. The first-order chi connectivity index (χ1) is 4.59. The Balaban J connectivity index is 3.85. The van der Waals surface area contributed by atoms with Gasteiger partial charge in [0.2, 0.25) is 0 Å². The topological polar surface area (TPSA) is 89.8 Å². The number of aliphatic hydroxyl groups is 2. The van der Waals surface area contributed by atoms with Gasteiger partial charge in [-0.3, -0.25) is 10.1 Å². The standard InChI is InChI=1S/C5H11NO4/c1-3(8)4(5(9)10)6-2-7/h3-4,6-8H,2H2,1H3,(H,9,10)/t3-,4+/m1/s1. The van der Waals surface area contributed by atoms with Crippen molar-refractivity contribution in [2.75, 3.05) is 6.73 Å². The summed E-state index contributed by atoms with van der Waals surface area (Å²) in [6.45, 7) is 0.878. The van der Waals surface area contributed by atoms with Crippen LogP contribution < -0.4 is 5.32 Å². The van der Waals surface area contributed by atoms with Crippen LogP contribution in [-0.4, -0.2) is 40.2 Å². The second-order valence-electron chi connectivity index (χ2n) is 1.92. The van der Waals surface area contributed by atoms with Gasteiger partial charge in [-0.15, -0.1) is 0 Å². The number of hydrogen-bond donors (Lipinski definition) is 4. The van der Waals surface area contributed by atoms with Crippen molar-refractivity contribution in [3.63, 3.8) is 0 Å². The van der Waals surface area contributed by atoms with Crippen molar-refractivity contribution in [1.82, 2.24) is 5.32 Å². The zero-order valence-corrected chi connectivity index (χ0v) is 5.61. The quantitative estimate of drug-likeness (QED) is 0.360. The van der Waals surface area contributed by atoms with Crippen LogP contribution in [0.5, 0.6) is 0 Å². The van der Waals surface area contributed by atoms with Gasteiger partial charge in [0.25, 0.3) is 0 Å². The molecular formula is C5H11NO4. The number of aliphatic carboxylic acids is 1. The van der Waals surface area contributed by atoms with E-state index >= 15 is 0 Å². The Morgan fingerprint density at radius 2 is 2.20 bits per heavy atom. The number of hydrogen-bond acceptors (Lipinski definition) is 4. The predicted octanol–water partition coefficient (Wildman–Crippen LogP) is -1.64. The Bertz CT molecular complexity index is 114. The molecule has 0 aliphatic heterocycles. The van der Waals surface area contributed by atoms with E-state index in [9.17, 15) is 4.79 Å². The zero-order valence-electron chi connectivity index (χ0n) is 5.61. The fourth-order valence-corrected chi connectivity index (χ4v) is 0.563. The second-order valence-corrected chi connectivity index (χ2v) is 1.92. The van der Waals surface area contributed by atoms with Gasteiger partial charge >= 0.3 is 5.97 Å². The van der Waals surface area contributed by atoms with Crippen LogP contribution in [0.3, 0.4) is 0 Å². The van der Waals surface area contributed by atoms with Gasteiger partial charge in [-0.25, -0.2) is 0 Å². The summed E-state index contributed by atoms with van der Waals surface area (Å²) in [4.78, 5) is 10.2. The van der Waals surface area contributed by atoms with Crippen LogP contribution in [0.2, 0.25) is 0 Å². The van der Waals surface area contributed by atoms with Crippen molar-refractivity contribution in [3.05, 3.63) is 0 Å². The summed E-state index contributed by atoms with van der Waals surface area (Å²) in [5.41, 5.74) is 0. The van der Waals surface area contributed by atoms with Crippen LogP contribution in [0.1, 0.15) is 6.92 Å². The number of aliphatic hydroxyl groups excluding tert-OH is 2. The zero-order chi connectivity index (χ0) is 8.15. The Hall–Kier alpha value is -0.650.